The van der Waals surface area contributed by atoms with E-state index in [1.807, 2.05) is 0 Å². The van der Waals surface area contributed by atoms with E-state index >= 15 is 0 Å². The Morgan fingerprint density at radius 1 is 0.667 bits per heavy atom. The number of anilines is 1. The van der Waals surface area contributed by atoms with Gasteiger partial charge >= 0.3 is 0 Å². The summed E-state index contributed by atoms with van der Waals surface area (Å²) in [5.74, 6) is -0.0919. The van der Waals surface area contributed by atoms with Crippen LogP contribution in [0.3, 0.4) is 0 Å². The predicted octanol–water partition coefficient (Wildman–Crippen LogP) is 8.63. The summed E-state index contributed by atoms with van der Waals surface area (Å²) in [6.07, 6.45) is 10.1. The van der Waals surface area contributed by atoms with Crippen LogP contribution in [-0.4, -0.2) is 66.2 Å². The number of nitrogens with one attached hydrogen (secondary N) is 1. The van der Waals surface area contributed by atoms with Gasteiger partial charge in [0.2, 0.25) is 0 Å². The van der Waals surface area contributed by atoms with Crippen molar-refractivity contribution in [1.82, 2.24) is 19.3 Å². The van der Waals surface area contributed by atoms with Crippen molar-refractivity contribution in [2.45, 2.75) is 83.1 Å². The molecule has 5 aromatic rings. The molecule has 280 valence electrons. The minimum atomic E-state index is -0.316. The van der Waals surface area contributed by atoms with E-state index in [4.69, 9.17) is 0 Å². The second-order valence-corrected chi connectivity index (χ2v) is 16.5. The first-order valence-corrected chi connectivity index (χ1v) is 20.1. The largest absolute Gasteiger partial charge is 0.392 e. The van der Waals surface area contributed by atoms with E-state index < -0.39 is 0 Å². The van der Waals surface area contributed by atoms with E-state index in [0.29, 0.717) is 13.1 Å². The van der Waals surface area contributed by atoms with Crippen LogP contribution < -0.4 is 5.32 Å². The highest BCUT2D eigenvalue weighted by atomic mass is 16.5. The molecule has 5 aliphatic rings. The third-order valence-corrected chi connectivity index (χ3v) is 14.1. The molecule has 7 heterocycles. The first kappa shape index (κ1) is 34.3. The molecular formula is C45H51N5O4. The zero-order valence-corrected chi connectivity index (χ0v) is 31.2. The van der Waals surface area contributed by atoms with E-state index in [-0.39, 0.29) is 48.3 Å². The number of para-hydroxylation sites is 3. The van der Waals surface area contributed by atoms with Crippen molar-refractivity contribution in [3.63, 3.8) is 0 Å². The third kappa shape index (κ3) is 4.60. The molecule has 9 nitrogen and oxygen atoms in total. The number of hydrogen-bond acceptors (Lipinski definition) is 7. The second kappa shape index (κ2) is 12.7. The molecule has 0 radical (unpaired) electrons. The average molecular weight is 726 g/mol. The Morgan fingerprint density at radius 2 is 1.17 bits per heavy atom. The van der Waals surface area contributed by atoms with Gasteiger partial charge in [0.05, 0.1) is 41.7 Å². The van der Waals surface area contributed by atoms with Crippen LogP contribution in [0.1, 0.15) is 105 Å². The molecule has 0 unspecified atom stereocenters. The Labute approximate surface area is 316 Å². The molecular weight excluding hydrogens is 675 g/mol. The maximum atomic E-state index is 11.7. The Hall–Kier alpha value is -4.22. The van der Waals surface area contributed by atoms with E-state index in [9.17, 15) is 20.6 Å². The van der Waals surface area contributed by atoms with Gasteiger partial charge in [0, 0.05) is 51.9 Å². The number of hydrogen-bond donors (Lipinski definition) is 5. The smallest absolute Gasteiger partial charge is 0.119 e. The molecule has 2 fully saturated rings. The molecule has 0 aliphatic carbocycles. The maximum absolute atomic E-state index is 11.7. The van der Waals surface area contributed by atoms with Gasteiger partial charge in [0.15, 0.2) is 0 Å². The number of nitrogens with zero attached hydrogens (tertiary/aromatic N) is 4. The lowest BCUT2D eigenvalue weighted by Gasteiger charge is -2.50. The van der Waals surface area contributed by atoms with Crippen molar-refractivity contribution in [3.05, 3.63) is 113 Å². The fourth-order valence-electron chi connectivity index (χ4n) is 11.7. The molecule has 5 aliphatic heterocycles. The summed E-state index contributed by atoms with van der Waals surface area (Å²) in [7, 11) is 0. The number of benzene rings is 3. The van der Waals surface area contributed by atoms with Crippen LogP contribution in [0.2, 0.25) is 0 Å². The van der Waals surface area contributed by atoms with Gasteiger partial charge in [-0.25, -0.2) is 0 Å². The first-order chi connectivity index (χ1) is 26.4. The van der Waals surface area contributed by atoms with Crippen molar-refractivity contribution < 1.29 is 20.6 Å². The van der Waals surface area contributed by atoms with Gasteiger partial charge in [-0.1, -0.05) is 80.6 Å². The lowest BCUT2D eigenvalue weighted by Crippen LogP contribution is -2.49. The molecule has 3 aromatic carbocycles. The van der Waals surface area contributed by atoms with Gasteiger partial charge in [-0.05, 0) is 85.4 Å². The topological polar surface area (TPSA) is 109 Å². The van der Waals surface area contributed by atoms with Gasteiger partial charge in [-0.3, -0.25) is 0 Å². The molecule has 6 atom stereocenters. The molecule has 0 spiro atoms. The van der Waals surface area contributed by atoms with Crippen LogP contribution >= 0.6 is 0 Å². The Bertz CT molecular complexity index is 2190. The highest BCUT2D eigenvalue weighted by molar-refractivity contribution is 5.95. The minimum absolute atomic E-state index is 0.0919. The molecule has 0 saturated carbocycles. The molecule has 2 aromatic heterocycles. The summed E-state index contributed by atoms with van der Waals surface area (Å²) >= 11 is 0. The number of rotatable bonds is 6. The molecule has 0 bridgehead atoms. The Kier molecular flexibility index (Phi) is 8.04. The zero-order valence-electron chi connectivity index (χ0n) is 31.2. The van der Waals surface area contributed by atoms with Crippen molar-refractivity contribution in [2.75, 3.05) is 31.6 Å². The quantitative estimate of drug-likeness (QED) is 0.119. The van der Waals surface area contributed by atoms with Crippen molar-refractivity contribution >= 4 is 38.6 Å². The summed E-state index contributed by atoms with van der Waals surface area (Å²) in [5, 5.41) is 55.4. The van der Waals surface area contributed by atoms with Crippen LogP contribution in [0.5, 0.6) is 0 Å². The fourth-order valence-corrected chi connectivity index (χ4v) is 11.7. The third-order valence-electron chi connectivity index (χ3n) is 14.1. The lowest BCUT2D eigenvalue weighted by atomic mass is 9.70. The molecule has 2 saturated heterocycles. The Balaban J connectivity index is 1.28. The number of aliphatic hydroxyl groups is 2. The van der Waals surface area contributed by atoms with Gasteiger partial charge in [0.25, 0.3) is 0 Å². The fraction of sp³-hybridized carbons (Fsp3) is 0.422. The van der Waals surface area contributed by atoms with Crippen LogP contribution in [0.15, 0.2) is 84.9 Å². The average Bonchev–Trinajstić information content (AvgIpc) is 3.73. The summed E-state index contributed by atoms with van der Waals surface area (Å²) in [6.45, 7) is 5.39. The van der Waals surface area contributed by atoms with Crippen molar-refractivity contribution in [1.29, 1.82) is 0 Å². The van der Waals surface area contributed by atoms with Gasteiger partial charge < -0.3 is 35.1 Å². The Morgan fingerprint density at radius 3 is 1.72 bits per heavy atom. The zero-order chi connectivity index (χ0) is 36.9. The van der Waals surface area contributed by atoms with Crippen LogP contribution in [0, 0.1) is 10.8 Å². The van der Waals surface area contributed by atoms with E-state index in [2.05, 4.69) is 113 Å². The molecule has 0 amide bonds. The number of hydroxylamine groups is 4. The normalized spacial score (nSPS) is 29.4. The summed E-state index contributed by atoms with van der Waals surface area (Å²) in [6, 6.07) is 25.5. The molecule has 5 N–H and O–H groups in total. The second-order valence-electron chi connectivity index (χ2n) is 16.5. The molecule has 54 heavy (non-hydrogen) atoms. The van der Waals surface area contributed by atoms with Crippen LogP contribution in [0.4, 0.5) is 5.69 Å². The van der Waals surface area contributed by atoms with Gasteiger partial charge in [0.1, 0.15) is 12.3 Å². The number of aromatic nitrogens is 2. The summed E-state index contributed by atoms with van der Waals surface area (Å²) in [5.41, 5.74) is 9.88. The summed E-state index contributed by atoms with van der Waals surface area (Å²) < 4.78 is 4.69. The number of fused-ring (bicyclic) bond motifs is 11. The SMILES string of the molecule is CC[C@]12C=C(CO)c3c([C@H]4Cc5ccccc5N[C@@H]4c4c5n(c6ccccc46)[C@H]4N(O)CCC[C@@]4(CC)C=C5CO)c4ccccc4n3[C@H]1N(O)CCC2. The number of piperidine rings is 2. The predicted molar refractivity (Wildman–Crippen MR) is 212 cm³/mol. The first-order valence-electron chi connectivity index (χ1n) is 20.1. The highest BCUT2D eigenvalue weighted by Gasteiger charge is 2.51. The summed E-state index contributed by atoms with van der Waals surface area (Å²) in [4.78, 5) is 0. The van der Waals surface area contributed by atoms with E-state index in [1.165, 1.54) is 11.1 Å². The standard InChI is InChI=1S/C45H51N5O4/c1-3-44-19-11-21-47(53)42(44)49-35-17-9-6-14-31(35)37(40(49)29(24-44)26-51)33-23-28-13-5-8-16-34(28)46-39(33)38-32-15-7-10-18-36(32)50-41(38)30(27-52)25-45(4-2)20-12-22-48(54)43(45)50/h5-10,13-18,24-25,33,39,42-43,46,51-54H,3-4,11-12,19-23,26-27H2,1-2H3/t33-,39+,42-,43-,44+,45+/m1/s1. The van der Waals surface area contributed by atoms with Crippen LogP contribution in [-0.2, 0) is 6.42 Å². The van der Waals surface area contributed by atoms with Crippen molar-refractivity contribution in [2.24, 2.45) is 10.8 Å². The maximum Gasteiger partial charge on any atom is 0.119 e. The highest BCUT2D eigenvalue weighted by Crippen LogP contribution is 2.59. The van der Waals surface area contributed by atoms with Crippen LogP contribution in [0.25, 0.3) is 33.0 Å². The monoisotopic (exact) mass is 725 g/mol. The van der Waals surface area contributed by atoms with Gasteiger partial charge in [-0.2, -0.15) is 10.1 Å². The molecule has 9 heteroatoms. The van der Waals surface area contributed by atoms with Gasteiger partial charge in [-0.15, -0.1) is 0 Å². The van der Waals surface area contributed by atoms with E-state index in [1.54, 1.807) is 10.1 Å². The lowest BCUT2D eigenvalue weighted by molar-refractivity contribution is -0.203. The number of aliphatic hydroxyl groups excluding tert-OH is 2. The minimum Gasteiger partial charge on any atom is -0.392 e. The van der Waals surface area contributed by atoms with E-state index in [0.717, 1.165) is 101 Å². The van der Waals surface area contributed by atoms with Crippen molar-refractivity contribution in [3.8, 4) is 0 Å². The molecule has 10 rings (SSSR count).